The smallest absolute Gasteiger partial charge is 0.279 e. The van der Waals surface area contributed by atoms with Gasteiger partial charge in [0.05, 0.1) is 23.9 Å². The largest absolute Gasteiger partial charge is 0.493 e. The van der Waals surface area contributed by atoms with E-state index in [0.717, 1.165) is 51.5 Å². The van der Waals surface area contributed by atoms with E-state index >= 15 is 0 Å². The molecule has 0 atom stereocenters. The number of amides is 1. The number of hydrogen-bond acceptors (Lipinski definition) is 2. The molecule has 1 aliphatic heterocycles. The number of benzene rings is 2. The summed E-state index contributed by atoms with van der Waals surface area (Å²) >= 11 is 6.09. The van der Waals surface area contributed by atoms with E-state index in [1.807, 2.05) is 48.5 Å². The number of quaternary nitrogens is 2. The number of piperazine rings is 1. The van der Waals surface area contributed by atoms with Crippen LogP contribution in [0.3, 0.4) is 0 Å². The van der Waals surface area contributed by atoms with Gasteiger partial charge >= 0.3 is 0 Å². The fourth-order valence-corrected chi connectivity index (χ4v) is 3.58. The predicted octanol–water partition coefficient (Wildman–Crippen LogP) is 0.531. The van der Waals surface area contributed by atoms with Crippen molar-refractivity contribution >= 4 is 23.2 Å². The minimum absolute atomic E-state index is 0.0258. The number of rotatable bonds is 8. The van der Waals surface area contributed by atoms with Crippen molar-refractivity contribution in [3.05, 3.63) is 59.6 Å². The number of halogens is 1. The van der Waals surface area contributed by atoms with Gasteiger partial charge in [-0.25, -0.2) is 0 Å². The highest BCUT2D eigenvalue weighted by Gasteiger charge is 2.24. The summed E-state index contributed by atoms with van der Waals surface area (Å²) in [4.78, 5) is 15.2. The average Bonchev–Trinajstić information content (AvgIpc) is 2.69. The number of anilines is 1. The molecule has 1 fully saturated rings. The lowest BCUT2D eigenvalue weighted by Gasteiger charge is -2.29. The highest BCUT2D eigenvalue weighted by Crippen LogP contribution is 2.19. The second kappa shape index (κ2) is 10.3. The second-order valence-corrected chi connectivity index (χ2v) is 7.38. The normalized spacial score (nSPS) is 19.4. The van der Waals surface area contributed by atoms with Crippen LogP contribution >= 0.6 is 11.6 Å². The standard InChI is InChI=1S/C21H26ClN3O2/c22-19-9-4-5-10-20(19)23-21(26)17-25-14-12-24(13-15-25)11-6-16-27-18-7-2-1-3-8-18/h1-5,7-10H,6,11-17H2,(H,23,26)/p+2. The highest BCUT2D eigenvalue weighted by atomic mass is 35.5. The van der Waals surface area contributed by atoms with Crippen molar-refractivity contribution in [1.29, 1.82) is 0 Å². The van der Waals surface area contributed by atoms with Gasteiger partial charge in [-0.1, -0.05) is 41.9 Å². The Bertz CT molecular complexity index is 718. The van der Waals surface area contributed by atoms with E-state index in [4.69, 9.17) is 16.3 Å². The van der Waals surface area contributed by atoms with E-state index in [1.54, 1.807) is 11.0 Å². The summed E-state index contributed by atoms with van der Waals surface area (Å²) in [6.07, 6.45) is 1.05. The zero-order valence-electron chi connectivity index (χ0n) is 15.5. The number of carbonyl (C=O) groups excluding carboxylic acids is 1. The van der Waals surface area contributed by atoms with Gasteiger partial charge in [-0.3, -0.25) is 4.79 Å². The SMILES string of the molecule is O=C(C[NH+]1CC[NH+](CCCOc2ccccc2)CC1)Nc1ccccc1Cl. The molecule has 0 aromatic heterocycles. The zero-order chi connectivity index (χ0) is 18.9. The molecule has 3 N–H and O–H groups in total. The first-order valence-electron chi connectivity index (χ1n) is 9.60. The third-order valence-electron chi connectivity index (χ3n) is 4.91. The molecule has 144 valence electrons. The first-order valence-corrected chi connectivity index (χ1v) is 9.98. The number of hydrogen-bond donors (Lipinski definition) is 3. The predicted molar refractivity (Wildman–Crippen MR) is 108 cm³/mol. The van der Waals surface area contributed by atoms with Gasteiger partial charge in [-0.15, -0.1) is 0 Å². The summed E-state index contributed by atoms with van der Waals surface area (Å²) in [6.45, 7) is 6.60. The van der Waals surface area contributed by atoms with Crippen molar-refractivity contribution in [1.82, 2.24) is 0 Å². The molecule has 1 amide bonds. The Balaban J connectivity index is 1.30. The van der Waals surface area contributed by atoms with Gasteiger partial charge in [-0.05, 0) is 24.3 Å². The second-order valence-electron chi connectivity index (χ2n) is 6.97. The van der Waals surface area contributed by atoms with Crippen molar-refractivity contribution in [2.75, 3.05) is 51.2 Å². The topological polar surface area (TPSA) is 47.2 Å². The van der Waals surface area contributed by atoms with Crippen LogP contribution in [-0.2, 0) is 4.79 Å². The molecule has 1 saturated heterocycles. The summed E-state index contributed by atoms with van der Waals surface area (Å²) in [5.74, 6) is 0.962. The Morgan fingerprint density at radius 2 is 1.63 bits per heavy atom. The van der Waals surface area contributed by atoms with Crippen molar-refractivity contribution in [2.45, 2.75) is 6.42 Å². The Morgan fingerprint density at radius 3 is 2.37 bits per heavy atom. The monoisotopic (exact) mass is 389 g/mol. The van der Waals surface area contributed by atoms with Gasteiger partial charge in [0, 0.05) is 6.42 Å². The Hall–Kier alpha value is -2.08. The number of carbonyl (C=O) groups is 1. The summed E-state index contributed by atoms with van der Waals surface area (Å²) in [7, 11) is 0. The van der Waals surface area contributed by atoms with Gasteiger partial charge in [-0.2, -0.15) is 0 Å². The van der Waals surface area contributed by atoms with Crippen molar-refractivity contribution < 1.29 is 19.3 Å². The summed E-state index contributed by atoms with van der Waals surface area (Å²) < 4.78 is 5.75. The Labute approximate surface area is 165 Å². The fourth-order valence-electron chi connectivity index (χ4n) is 3.40. The molecule has 0 unspecified atom stereocenters. The first kappa shape index (κ1) is 19.7. The van der Waals surface area contributed by atoms with Crippen LogP contribution < -0.4 is 19.9 Å². The van der Waals surface area contributed by atoms with Gasteiger partial charge in [0.25, 0.3) is 5.91 Å². The lowest BCUT2D eigenvalue weighted by atomic mass is 10.2. The van der Waals surface area contributed by atoms with E-state index in [0.29, 0.717) is 17.3 Å². The molecule has 0 radical (unpaired) electrons. The Morgan fingerprint density at radius 1 is 0.963 bits per heavy atom. The van der Waals surface area contributed by atoms with Crippen molar-refractivity contribution in [3.63, 3.8) is 0 Å². The summed E-state index contributed by atoms with van der Waals surface area (Å²) in [5, 5.41) is 3.49. The maximum Gasteiger partial charge on any atom is 0.279 e. The molecule has 27 heavy (non-hydrogen) atoms. The average molecular weight is 390 g/mol. The minimum atomic E-state index is 0.0258. The maximum atomic E-state index is 12.2. The van der Waals surface area contributed by atoms with Crippen molar-refractivity contribution in [2.24, 2.45) is 0 Å². The molecule has 1 aliphatic rings. The molecule has 2 aromatic carbocycles. The van der Waals surface area contributed by atoms with E-state index < -0.39 is 0 Å². The quantitative estimate of drug-likeness (QED) is 0.577. The Kier molecular flexibility index (Phi) is 7.51. The molecular formula is C21H28ClN3O2+2. The van der Waals surface area contributed by atoms with E-state index in [9.17, 15) is 4.79 Å². The van der Waals surface area contributed by atoms with Gasteiger partial charge in [0.1, 0.15) is 31.9 Å². The van der Waals surface area contributed by atoms with Crippen LogP contribution in [0.15, 0.2) is 54.6 Å². The van der Waals surface area contributed by atoms with Crippen LogP contribution in [0.4, 0.5) is 5.69 Å². The molecule has 5 nitrogen and oxygen atoms in total. The lowest BCUT2D eigenvalue weighted by Crippen LogP contribution is -3.28. The van der Waals surface area contributed by atoms with Gasteiger partial charge in [0.15, 0.2) is 6.54 Å². The molecule has 0 bridgehead atoms. The maximum absolute atomic E-state index is 12.2. The first-order chi connectivity index (χ1) is 13.2. The lowest BCUT2D eigenvalue weighted by molar-refractivity contribution is -1.01. The highest BCUT2D eigenvalue weighted by molar-refractivity contribution is 6.33. The fraction of sp³-hybridized carbons (Fsp3) is 0.381. The number of para-hydroxylation sites is 2. The van der Waals surface area contributed by atoms with E-state index in [-0.39, 0.29) is 5.91 Å². The molecule has 0 spiro atoms. The summed E-state index contributed by atoms with van der Waals surface area (Å²) in [5.41, 5.74) is 0.686. The molecule has 6 heteroatoms. The molecular weight excluding hydrogens is 362 g/mol. The molecule has 2 aromatic rings. The van der Waals surface area contributed by atoms with Crippen molar-refractivity contribution in [3.8, 4) is 5.75 Å². The van der Waals surface area contributed by atoms with Crippen LogP contribution in [0.2, 0.25) is 5.02 Å². The molecule has 0 saturated carbocycles. The van der Waals surface area contributed by atoms with Crippen LogP contribution in [0, 0.1) is 0 Å². The molecule has 0 aliphatic carbocycles. The van der Waals surface area contributed by atoms with E-state index in [1.165, 1.54) is 4.90 Å². The van der Waals surface area contributed by atoms with Crippen LogP contribution in [0.25, 0.3) is 0 Å². The molecule has 1 heterocycles. The minimum Gasteiger partial charge on any atom is -0.493 e. The number of ether oxygens (including phenoxy) is 1. The third-order valence-corrected chi connectivity index (χ3v) is 5.24. The van der Waals surface area contributed by atoms with Gasteiger partial charge in [0.2, 0.25) is 0 Å². The third kappa shape index (κ3) is 6.54. The molecule has 3 rings (SSSR count). The van der Waals surface area contributed by atoms with Crippen LogP contribution in [0.5, 0.6) is 5.75 Å². The zero-order valence-corrected chi connectivity index (χ0v) is 16.3. The van der Waals surface area contributed by atoms with Crippen LogP contribution in [0.1, 0.15) is 6.42 Å². The number of nitrogens with one attached hydrogen (secondary N) is 3. The van der Waals surface area contributed by atoms with Crippen LogP contribution in [-0.4, -0.2) is 51.8 Å². The van der Waals surface area contributed by atoms with Gasteiger partial charge < -0.3 is 19.9 Å². The summed E-state index contributed by atoms with van der Waals surface area (Å²) in [6, 6.07) is 17.3. The van der Waals surface area contributed by atoms with E-state index in [2.05, 4.69) is 5.32 Å².